The monoisotopic (exact) mass is 485 g/mol. The first-order valence-corrected chi connectivity index (χ1v) is 12.4. The molecule has 2 heterocycles. The summed E-state index contributed by atoms with van der Waals surface area (Å²) in [6.45, 7) is 13.4. The van der Waals surface area contributed by atoms with Gasteiger partial charge < -0.3 is 9.80 Å². The highest BCUT2D eigenvalue weighted by atomic mass is 35.5. The molecule has 0 atom stereocenters. The topological polar surface area (TPSA) is 69.6 Å². The summed E-state index contributed by atoms with van der Waals surface area (Å²) in [6, 6.07) is 5.94. The number of aryl methyl sites for hydroxylation is 1. The third kappa shape index (κ3) is 6.54. The molecule has 0 aliphatic carbocycles. The molecule has 1 aliphatic rings. The fourth-order valence-electron chi connectivity index (χ4n) is 4.30. The number of hydrogen-bond donors (Lipinski definition) is 0. The summed E-state index contributed by atoms with van der Waals surface area (Å²) in [5.74, 6) is 0.223. The van der Waals surface area contributed by atoms with Crippen LogP contribution in [0.25, 0.3) is 0 Å². The number of aromatic nitrogens is 2. The van der Waals surface area contributed by atoms with Crippen LogP contribution in [0.1, 0.15) is 62.2 Å². The van der Waals surface area contributed by atoms with Crippen molar-refractivity contribution in [2.24, 2.45) is 5.92 Å². The Balaban J connectivity index is 2.05. The summed E-state index contributed by atoms with van der Waals surface area (Å²) in [4.78, 5) is 41.3. The van der Waals surface area contributed by atoms with Gasteiger partial charge in [-0.1, -0.05) is 31.5 Å². The van der Waals surface area contributed by atoms with E-state index in [0.717, 1.165) is 30.8 Å². The van der Waals surface area contributed by atoms with Gasteiger partial charge in [0.15, 0.2) is 0 Å². The van der Waals surface area contributed by atoms with Crippen LogP contribution in [0, 0.1) is 12.8 Å². The number of benzene rings is 1. The number of anilines is 1. The lowest BCUT2D eigenvalue weighted by molar-refractivity contribution is -0.119. The summed E-state index contributed by atoms with van der Waals surface area (Å²) >= 11 is 6.39. The Kier molecular flexibility index (Phi) is 9.03. The molecule has 0 saturated carbocycles. The molecule has 34 heavy (non-hydrogen) atoms. The lowest BCUT2D eigenvalue weighted by Crippen LogP contribution is -2.41. The van der Waals surface area contributed by atoms with E-state index in [1.807, 2.05) is 48.8 Å². The van der Waals surface area contributed by atoms with Crippen molar-refractivity contribution in [3.63, 3.8) is 0 Å². The SMILES string of the molecule is Cc1ncncc1C(=O)N1CCN(C(C)C)CCCN(C(=O)CC(C)C)c2cc(Cl)ccc2C1. The zero-order chi connectivity index (χ0) is 24.8. The standard InChI is InChI=1S/C26H36ClN5O2/c1-18(2)13-25(33)32-10-6-9-30(19(3)4)11-12-31(16-21-7-8-22(27)14-24(21)32)26(34)23-15-28-17-29-20(23)5/h7-8,14-15,17-19H,6,9-13,16H2,1-5H3. The molecule has 2 aromatic rings. The fourth-order valence-corrected chi connectivity index (χ4v) is 4.47. The summed E-state index contributed by atoms with van der Waals surface area (Å²) < 4.78 is 0. The van der Waals surface area contributed by atoms with Gasteiger partial charge in [0, 0.05) is 56.4 Å². The van der Waals surface area contributed by atoms with Gasteiger partial charge in [-0.05, 0) is 50.8 Å². The van der Waals surface area contributed by atoms with Gasteiger partial charge in [0.2, 0.25) is 5.91 Å². The van der Waals surface area contributed by atoms with Crippen molar-refractivity contribution in [2.45, 2.75) is 60.0 Å². The quantitative estimate of drug-likeness (QED) is 0.634. The van der Waals surface area contributed by atoms with Crippen LogP contribution in [-0.2, 0) is 11.3 Å². The molecular weight excluding hydrogens is 450 g/mol. The third-order valence-corrected chi connectivity index (χ3v) is 6.46. The molecule has 1 aliphatic heterocycles. The van der Waals surface area contributed by atoms with Gasteiger partial charge in [-0.25, -0.2) is 9.97 Å². The number of rotatable bonds is 4. The maximum Gasteiger partial charge on any atom is 0.257 e. The Hall–Kier alpha value is -2.51. The van der Waals surface area contributed by atoms with Crippen molar-refractivity contribution in [2.75, 3.05) is 31.1 Å². The molecule has 0 N–H and O–H groups in total. The average molecular weight is 486 g/mol. The molecule has 0 bridgehead atoms. The second-order valence-electron chi connectivity index (χ2n) is 9.65. The minimum absolute atomic E-state index is 0.0824. The number of amides is 2. The van der Waals surface area contributed by atoms with Crippen LogP contribution in [0.3, 0.4) is 0 Å². The first kappa shape index (κ1) is 26.1. The van der Waals surface area contributed by atoms with Gasteiger partial charge in [0.25, 0.3) is 5.91 Å². The van der Waals surface area contributed by atoms with E-state index in [0.29, 0.717) is 48.4 Å². The highest BCUT2D eigenvalue weighted by Crippen LogP contribution is 2.29. The molecule has 0 fully saturated rings. The summed E-state index contributed by atoms with van der Waals surface area (Å²) in [7, 11) is 0. The Labute approximate surface area is 208 Å². The first-order chi connectivity index (χ1) is 16.2. The zero-order valence-electron chi connectivity index (χ0n) is 20.9. The number of halogens is 1. The minimum atomic E-state index is -0.109. The van der Waals surface area contributed by atoms with E-state index in [2.05, 4.69) is 28.7 Å². The molecule has 1 aromatic carbocycles. The van der Waals surface area contributed by atoms with Crippen molar-refractivity contribution >= 4 is 29.1 Å². The van der Waals surface area contributed by atoms with Crippen LogP contribution >= 0.6 is 11.6 Å². The molecule has 0 saturated heterocycles. The Morgan fingerprint density at radius 1 is 1.09 bits per heavy atom. The van der Waals surface area contributed by atoms with Gasteiger partial charge in [-0.3, -0.25) is 14.5 Å². The number of nitrogens with zero attached hydrogens (tertiary/aromatic N) is 5. The lowest BCUT2D eigenvalue weighted by Gasteiger charge is -2.30. The largest absolute Gasteiger partial charge is 0.333 e. The second-order valence-corrected chi connectivity index (χ2v) is 10.1. The lowest BCUT2D eigenvalue weighted by atomic mass is 10.1. The van der Waals surface area contributed by atoms with Crippen LogP contribution in [0.15, 0.2) is 30.7 Å². The van der Waals surface area contributed by atoms with Crippen LogP contribution < -0.4 is 4.90 Å². The van der Waals surface area contributed by atoms with Gasteiger partial charge in [0.1, 0.15) is 6.33 Å². The minimum Gasteiger partial charge on any atom is -0.333 e. The predicted molar refractivity (Wildman–Crippen MR) is 136 cm³/mol. The molecule has 0 radical (unpaired) electrons. The molecule has 184 valence electrons. The molecule has 0 spiro atoms. The predicted octanol–water partition coefficient (Wildman–Crippen LogP) is 4.57. The van der Waals surface area contributed by atoms with Crippen LogP contribution in [0.4, 0.5) is 5.69 Å². The number of carbonyl (C=O) groups is 2. The van der Waals surface area contributed by atoms with Crippen molar-refractivity contribution in [3.05, 3.63) is 52.6 Å². The van der Waals surface area contributed by atoms with E-state index in [1.165, 1.54) is 6.33 Å². The highest BCUT2D eigenvalue weighted by Gasteiger charge is 2.26. The van der Waals surface area contributed by atoms with Gasteiger partial charge >= 0.3 is 0 Å². The first-order valence-electron chi connectivity index (χ1n) is 12.1. The molecule has 1 aromatic heterocycles. The van der Waals surface area contributed by atoms with Crippen molar-refractivity contribution in [3.8, 4) is 0 Å². The van der Waals surface area contributed by atoms with Crippen LogP contribution in [-0.4, -0.2) is 63.8 Å². The van der Waals surface area contributed by atoms with Crippen LogP contribution in [0.5, 0.6) is 0 Å². The number of carbonyl (C=O) groups excluding carboxylic acids is 2. The molecule has 2 amide bonds. The summed E-state index contributed by atoms with van der Waals surface area (Å²) in [6.07, 6.45) is 4.34. The average Bonchev–Trinajstić information content (AvgIpc) is 2.81. The second kappa shape index (κ2) is 11.8. The van der Waals surface area contributed by atoms with E-state index < -0.39 is 0 Å². The maximum absolute atomic E-state index is 13.6. The Bertz CT molecular complexity index is 1010. The van der Waals surface area contributed by atoms with Crippen molar-refractivity contribution in [1.82, 2.24) is 19.8 Å². The molecule has 8 heteroatoms. The highest BCUT2D eigenvalue weighted by molar-refractivity contribution is 6.31. The van der Waals surface area contributed by atoms with E-state index in [-0.39, 0.29) is 17.7 Å². The number of hydrogen-bond acceptors (Lipinski definition) is 5. The summed E-state index contributed by atoms with van der Waals surface area (Å²) in [5.41, 5.74) is 2.84. The zero-order valence-corrected chi connectivity index (χ0v) is 21.7. The van der Waals surface area contributed by atoms with Gasteiger partial charge in [-0.2, -0.15) is 0 Å². The van der Waals surface area contributed by atoms with E-state index in [4.69, 9.17) is 11.6 Å². The molecule has 3 rings (SSSR count). The maximum atomic E-state index is 13.6. The van der Waals surface area contributed by atoms with E-state index in [1.54, 1.807) is 6.20 Å². The Morgan fingerprint density at radius 3 is 2.53 bits per heavy atom. The molecule has 0 unspecified atom stereocenters. The fraction of sp³-hybridized carbons (Fsp3) is 0.538. The van der Waals surface area contributed by atoms with Gasteiger partial charge in [-0.15, -0.1) is 0 Å². The smallest absolute Gasteiger partial charge is 0.257 e. The normalized spacial score (nSPS) is 15.9. The Morgan fingerprint density at radius 2 is 1.85 bits per heavy atom. The molecule has 7 nitrogen and oxygen atoms in total. The number of fused-ring (bicyclic) bond motifs is 1. The van der Waals surface area contributed by atoms with E-state index >= 15 is 0 Å². The third-order valence-electron chi connectivity index (χ3n) is 6.23. The molecular formula is C26H36ClN5O2. The van der Waals surface area contributed by atoms with E-state index in [9.17, 15) is 9.59 Å². The van der Waals surface area contributed by atoms with Crippen molar-refractivity contribution in [1.29, 1.82) is 0 Å². The van der Waals surface area contributed by atoms with Crippen molar-refractivity contribution < 1.29 is 9.59 Å². The summed E-state index contributed by atoms with van der Waals surface area (Å²) in [5, 5.41) is 0.574. The van der Waals surface area contributed by atoms with Crippen LogP contribution in [0.2, 0.25) is 5.02 Å². The van der Waals surface area contributed by atoms with Gasteiger partial charge in [0.05, 0.1) is 16.9 Å².